The van der Waals surface area contributed by atoms with Gasteiger partial charge in [-0.15, -0.1) is 0 Å². The molecule has 1 heterocycles. The van der Waals surface area contributed by atoms with E-state index in [2.05, 4.69) is 23.4 Å². The molecule has 1 aromatic rings. The van der Waals surface area contributed by atoms with Crippen molar-refractivity contribution in [2.45, 2.75) is 39.0 Å². The van der Waals surface area contributed by atoms with Gasteiger partial charge in [-0.05, 0) is 50.3 Å². The van der Waals surface area contributed by atoms with E-state index in [0.29, 0.717) is 0 Å². The van der Waals surface area contributed by atoms with Gasteiger partial charge in [-0.2, -0.15) is 5.10 Å². The van der Waals surface area contributed by atoms with Crippen LogP contribution < -0.4 is 5.32 Å². The van der Waals surface area contributed by atoms with Crippen molar-refractivity contribution in [3.63, 3.8) is 0 Å². The number of aromatic nitrogens is 2. The monoisotopic (exact) mass is 235 g/mol. The highest BCUT2D eigenvalue weighted by atomic mass is 15.2. The molecule has 1 fully saturated rings. The first-order valence-corrected chi connectivity index (χ1v) is 6.99. The summed E-state index contributed by atoms with van der Waals surface area (Å²) in [6.07, 6.45) is 8.68. The van der Waals surface area contributed by atoms with Crippen LogP contribution in [0.15, 0.2) is 12.3 Å². The Labute approximate surface area is 105 Å². The van der Waals surface area contributed by atoms with Gasteiger partial charge in [0, 0.05) is 18.9 Å². The highest BCUT2D eigenvalue weighted by molar-refractivity contribution is 5.00. The van der Waals surface area contributed by atoms with Crippen molar-refractivity contribution in [1.82, 2.24) is 15.1 Å². The fourth-order valence-electron chi connectivity index (χ4n) is 3.07. The molecule has 0 bridgehead atoms. The molecule has 2 unspecified atom stereocenters. The van der Waals surface area contributed by atoms with Gasteiger partial charge in [0.15, 0.2) is 0 Å². The second-order valence-electron chi connectivity index (χ2n) is 5.24. The topological polar surface area (TPSA) is 29.9 Å². The minimum Gasteiger partial charge on any atom is -0.317 e. The summed E-state index contributed by atoms with van der Waals surface area (Å²) >= 11 is 0. The zero-order valence-electron chi connectivity index (χ0n) is 11.2. The van der Waals surface area contributed by atoms with Crippen LogP contribution in [0.4, 0.5) is 0 Å². The lowest BCUT2D eigenvalue weighted by atomic mass is 9.91. The maximum Gasteiger partial charge on any atom is 0.0492 e. The fraction of sp³-hybridized carbons (Fsp3) is 0.786. The molecule has 96 valence electrons. The summed E-state index contributed by atoms with van der Waals surface area (Å²) in [5.74, 6) is 1.83. The van der Waals surface area contributed by atoms with Crippen LogP contribution in [0.5, 0.6) is 0 Å². The van der Waals surface area contributed by atoms with Crippen molar-refractivity contribution in [2.24, 2.45) is 18.9 Å². The lowest BCUT2D eigenvalue weighted by Crippen LogP contribution is -2.25. The first-order chi connectivity index (χ1) is 8.31. The molecule has 17 heavy (non-hydrogen) atoms. The molecule has 1 aliphatic rings. The zero-order chi connectivity index (χ0) is 12.1. The molecule has 0 radical (unpaired) electrons. The van der Waals surface area contributed by atoms with Gasteiger partial charge in [-0.1, -0.05) is 19.8 Å². The summed E-state index contributed by atoms with van der Waals surface area (Å²) in [6, 6.07) is 2.15. The average molecular weight is 235 g/mol. The van der Waals surface area contributed by atoms with Crippen molar-refractivity contribution in [2.75, 3.05) is 13.1 Å². The predicted molar refractivity (Wildman–Crippen MR) is 70.9 cm³/mol. The van der Waals surface area contributed by atoms with Gasteiger partial charge in [0.05, 0.1) is 0 Å². The molecule has 1 N–H and O–H groups in total. The number of rotatable bonds is 6. The van der Waals surface area contributed by atoms with Crippen molar-refractivity contribution >= 4 is 0 Å². The molecule has 1 saturated carbocycles. The Morgan fingerprint density at radius 2 is 2.24 bits per heavy atom. The molecule has 0 amide bonds. The number of hydrogen-bond acceptors (Lipinski definition) is 2. The third kappa shape index (κ3) is 3.32. The van der Waals surface area contributed by atoms with Crippen molar-refractivity contribution in [3.05, 3.63) is 18.0 Å². The van der Waals surface area contributed by atoms with Crippen LogP contribution in [0.2, 0.25) is 0 Å². The van der Waals surface area contributed by atoms with Gasteiger partial charge >= 0.3 is 0 Å². The summed E-state index contributed by atoms with van der Waals surface area (Å²) in [5, 5.41) is 7.74. The van der Waals surface area contributed by atoms with Crippen LogP contribution in [0.1, 0.15) is 38.3 Å². The van der Waals surface area contributed by atoms with Crippen LogP contribution >= 0.6 is 0 Å². The minimum atomic E-state index is 0.906. The molecule has 0 aromatic carbocycles. The first-order valence-electron chi connectivity index (χ1n) is 6.99. The molecule has 1 aromatic heterocycles. The van der Waals surface area contributed by atoms with Crippen molar-refractivity contribution in [1.29, 1.82) is 0 Å². The lowest BCUT2D eigenvalue weighted by Gasteiger charge is -2.19. The summed E-state index contributed by atoms with van der Waals surface area (Å²) < 4.78 is 2.01. The largest absolute Gasteiger partial charge is 0.317 e. The van der Waals surface area contributed by atoms with Gasteiger partial charge in [-0.25, -0.2) is 0 Å². The van der Waals surface area contributed by atoms with Crippen molar-refractivity contribution in [3.8, 4) is 0 Å². The molecule has 0 spiro atoms. The molecular formula is C14H25N3. The van der Waals surface area contributed by atoms with Gasteiger partial charge in [0.2, 0.25) is 0 Å². The van der Waals surface area contributed by atoms with Gasteiger partial charge in [0.25, 0.3) is 0 Å². The quantitative estimate of drug-likeness (QED) is 0.820. The Kier molecular flexibility index (Phi) is 4.60. The molecule has 1 aliphatic carbocycles. The number of aryl methyl sites for hydroxylation is 2. The van der Waals surface area contributed by atoms with E-state index in [-0.39, 0.29) is 0 Å². The Morgan fingerprint density at radius 1 is 1.41 bits per heavy atom. The molecule has 3 nitrogen and oxygen atoms in total. The Bertz CT molecular complexity index is 332. The summed E-state index contributed by atoms with van der Waals surface area (Å²) in [5.41, 5.74) is 1.37. The summed E-state index contributed by atoms with van der Waals surface area (Å²) in [6.45, 7) is 4.51. The maximum atomic E-state index is 4.23. The minimum absolute atomic E-state index is 0.906. The van der Waals surface area contributed by atoms with E-state index in [9.17, 15) is 0 Å². The maximum absolute atomic E-state index is 4.23. The van der Waals surface area contributed by atoms with E-state index in [1.807, 2.05) is 17.9 Å². The Morgan fingerprint density at radius 3 is 2.94 bits per heavy atom. The molecule has 0 aliphatic heterocycles. The normalized spacial score (nSPS) is 24.4. The van der Waals surface area contributed by atoms with Crippen molar-refractivity contribution < 1.29 is 0 Å². The molecule has 2 rings (SSSR count). The summed E-state index contributed by atoms with van der Waals surface area (Å²) in [7, 11) is 2.04. The van der Waals surface area contributed by atoms with Crippen LogP contribution in [0.3, 0.4) is 0 Å². The van der Waals surface area contributed by atoms with E-state index in [1.54, 1.807) is 0 Å². The molecule has 0 saturated heterocycles. The number of nitrogens with zero attached hydrogens (tertiary/aromatic N) is 2. The van der Waals surface area contributed by atoms with Crippen LogP contribution in [0, 0.1) is 11.8 Å². The molecule has 3 heteroatoms. The number of hydrogen-bond donors (Lipinski definition) is 1. The van der Waals surface area contributed by atoms with Gasteiger partial charge in [-0.3, -0.25) is 4.68 Å². The van der Waals surface area contributed by atoms with Gasteiger partial charge in [0.1, 0.15) is 0 Å². The van der Waals surface area contributed by atoms with Crippen LogP contribution in [0.25, 0.3) is 0 Å². The lowest BCUT2D eigenvalue weighted by molar-refractivity contribution is 0.348. The Hall–Kier alpha value is -0.830. The average Bonchev–Trinajstić information content (AvgIpc) is 2.93. The first kappa shape index (κ1) is 12.6. The highest BCUT2D eigenvalue weighted by Gasteiger charge is 2.26. The third-order valence-corrected chi connectivity index (χ3v) is 4.17. The smallest absolute Gasteiger partial charge is 0.0492 e. The standard InChI is InChI=1S/C14H25N3/c1-3-15-11-13-6-4-5-12(13)7-8-14-9-10-16-17(14)2/h9-10,12-13,15H,3-8,11H2,1-2H3. The van der Waals surface area contributed by atoms with Crippen LogP contribution in [-0.2, 0) is 13.5 Å². The predicted octanol–water partition coefficient (Wildman–Crippen LogP) is 2.38. The second kappa shape index (κ2) is 6.20. The SMILES string of the molecule is CCNCC1CCCC1CCc1ccnn1C. The van der Waals surface area contributed by atoms with E-state index in [0.717, 1.165) is 18.4 Å². The number of nitrogens with one attached hydrogen (secondary N) is 1. The fourth-order valence-corrected chi connectivity index (χ4v) is 3.07. The van der Waals surface area contributed by atoms with E-state index in [4.69, 9.17) is 0 Å². The molecular weight excluding hydrogens is 210 g/mol. The van der Waals surface area contributed by atoms with E-state index in [1.165, 1.54) is 44.3 Å². The second-order valence-corrected chi connectivity index (χ2v) is 5.24. The van der Waals surface area contributed by atoms with E-state index >= 15 is 0 Å². The van der Waals surface area contributed by atoms with Crippen LogP contribution in [-0.4, -0.2) is 22.9 Å². The highest BCUT2D eigenvalue weighted by Crippen LogP contribution is 2.34. The molecule has 2 atom stereocenters. The zero-order valence-corrected chi connectivity index (χ0v) is 11.2. The Balaban J connectivity index is 1.80. The third-order valence-electron chi connectivity index (χ3n) is 4.17. The van der Waals surface area contributed by atoms with E-state index < -0.39 is 0 Å². The van der Waals surface area contributed by atoms with Gasteiger partial charge < -0.3 is 5.32 Å². The summed E-state index contributed by atoms with van der Waals surface area (Å²) in [4.78, 5) is 0.